The van der Waals surface area contributed by atoms with Crippen molar-refractivity contribution in [3.8, 4) is 0 Å². The fraction of sp³-hybridized carbons (Fsp3) is 0.0976. The number of amides is 2. The SMILES string of the molecule is C=c1c2ccc3c4ccc5c6c(ccc(c7ccc(c(=O)n1CCc1cccc(F)c1)c2c37)c64)C(=O)N(CCc1cccc(F)c1)C5=O. The predicted molar refractivity (Wildman–Crippen MR) is 186 cm³/mol. The molecule has 1 aliphatic heterocycles. The highest BCUT2D eigenvalue weighted by Gasteiger charge is 2.34. The fourth-order valence-electron chi connectivity index (χ4n) is 7.77. The van der Waals surface area contributed by atoms with E-state index in [4.69, 9.17) is 0 Å². The number of fused-ring (bicyclic) bond motifs is 2. The van der Waals surface area contributed by atoms with Gasteiger partial charge in [0, 0.05) is 51.1 Å². The zero-order valence-corrected chi connectivity index (χ0v) is 25.6. The Balaban J connectivity index is 1.21. The van der Waals surface area contributed by atoms with Gasteiger partial charge in [0.25, 0.3) is 17.4 Å². The van der Waals surface area contributed by atoms with Gasteiger partial charge in [0.2, 0.25) is 0 Å². The first-order chi connectivity index (χ1) is 23.3. The smallest absolute Gasteiger partial charge is 0.261 e. The molecule has 5 nitrogen and oxygen atoms in total. The molecule has 2 heterocycles. The van der Waals surface area contributed by atoms with Crippen molar-refractivity contribution in [2.24, 2.45) is 0 Å². The van der Waals surface area contributed by atoms with Crippen LogP contribution in [0.2, 0.25) is 0 Å². The summed E-state index contributed by atoms with van der Waals surface area (Å²) in [6, 6.07) is 27.8. The highest BCUT2D eigenvalue weighted by atomic mass is 19.1. The van der Waals surface area contributed by atoms with Gasteiger partial charge in [0.1, 0.15) is 11.6 Å². The van der Waals surface area contributed by atoms with Crippen LogP contribution in [-0.2, 0) is 19.4 Å². The van der Waals surface area contributed by atoms with Crippen molar-refractivity contribution in [3.05, 3.63) is 147 Å². The topological polar surface area (TPSA) is 59.4 Å². The maximum Gasteiger partial charge on any atom is 0.261 e. The Morgan fingerprint density at radius 1 is 0.521 bits per heavy atom. The molecule has 2 amide bonds. The van der Waals surface area contributed by atoms with Crippen molar-refractivity contribution >= 4 is 72.3 Å². The molecule has 0 saturated heterocycles. The molecule has 7 aromatic carbocycles. The third-order valence-electron chi connectivity index (χ3n) is 9.99. The van der Waals surface area contributed by atoms with Gasteiger partial charge in [-0.25, -0.2) is 8.78 Å². The summed E-state index contributed by atoms with van der Waals surface area (Å²) in [6.45, 7) is 4.82. The second-order valence-corrected chi connectivity index (χ2v) is 12.6. The lowest BCUT2D eigenvalue weighted by Gasteiger charge is -2.28. The van der Waals surface area contributed by atoms with Crippen molar-refractivity contribution in [1.82, 2.24) is 9.47 Å². The van der Waals surface area contributed by atoms with E-state index in [-0.39, 0.29) is 35.6 Å². The van der Waals surface area contributed by atoms with E-state index in [1.54, 1.807) is 34.9 Å². The van der Waals surface area contributed by atoms with Crippen LogP contribution >= 0.6 is 0 Å². The second kappa shape index (κ2) is 10.3. The number of pyridine rings is 1. The van der Waals surface area contributed by atoms with Crippen molar-refractivity contribution in [2.45, 2.75) is 19.4 Å². The zero-order chi connectivity index (χ0) is 32.8. The number of carbonyl (C=O) groups is 2. The van der Waals surface area contributed by atoms with E-state index in [1.165, 1.54) is 29.2 Å². The van der Waals surface area contributed by atoms with Crippen molar-refractivity contribution in [3.63, 3.8) is 0 Å². The molecule has 0 saturated carbocycles. The zero-order valence-electron chi connectivity index (χ0n) is 25.6. The first-order valence-electron chi connectivity index (χ1n) is 15.9. The summed E-state index contributed by atoms with van der Waals surface area (Å²) >= 11 is 0. The standard InChI is InChI=1S/C41H26F2N2O3/c1-22-27-8-9-28-30-11-14-33-38-34(41(48)45(40(33)47)19-17-24-5-3-7-26(43)21-24)15-12-31(37(30)38)29-10-13-32(35(27)36(28)29)39(46)44(22)18-16-23-4-2-6-25(42)20-23/h2-15,20-21H,1,16-19H2. The van der Waals surface area contributed by atoms with Crippen LogP contribution < -0.4 is 10.9 Å². The monoisotopic (exact) mass is 632 g/mol. The van der Waals surface area contributed by atoms with Gasteiger partial charge in [-0.2, -0.15) is 0 Å². The quantitative estimate of drug-likeness (QED) is 0.108. The summed E-state index contributed by atoms with van der Waals surface area (Å²) in [4.78, 5) is 42.9. The summed E-state index contributed by atoms with van der Waals surface area (Å²) in [6.07, 6.45) is 0.826. The molecular weight excluding hydrogens is 606 g/mol. The highest BCUT2D eigenvalue weighted by Crippen LogP contribution is 2.45. The molecule has 0 aliphatic carbocycles. The Kier molecular flexibility index (Phi) is 6.06. The lowest BCUT2D eigenvalue weighted by atomic mass is 9.83. The number of aryl methyl sites for hydroxylation is 1. The van der Waals surface area contributed by atoms with E-state index in [2.05, 4.69) is 6.58 Å². The van der Waals surface area contributed by atoms with E-state index in [0.29, 0.717) is 52.2 Å². The van der Waals surface area contributed by atoms with Crippen LogP contribution in [0.1, 0.15) is 31.8 Å². The van der Waals surface area contributed by atoms with Crippen LogP contribution in [0.3, 0.4) is 0 Å². The minimum absolute atomic E-state index is 0.135. The molecule has 0 N–H and O–H groups in total. The lowest BCUT2D eigenvalue weighted by molar-refractivity contribution is 0.0612. The molecule has 0 atom stereocenters. The molecule has 0 radical (unpaired) electrons. The van der Waals surface area contributed by atoms with Crippen LogP contribution in [0.15, 0.2) is 102 Å². The Labute approximate surface area is 272 Å². The fourth-order valence-corrected chi connectivity index (χ4v) is 7.77. The molecule has 0 unspecified atom stereocenters. The molecule has 1 aliphatic rings. The van der Waals surface area contributed by atoms with Crippen LogP contribution in [0, 0.1) is 11.6 Å². The van der Waals surface area contributed by atoms with E-state index in [0.717, 1.165) is 48.7 Å². The first-order valence-corrected chi connectivity index (χ1v) is 15.9. The van der Waals surface area contributed by atoms with Crippen molar-refractivity contribution < 1.29 is 18.4 Å². The van der Waals surface area contributed by atoms with Gasteiger partial charge >= 0.3 is 0 Å². The summed E-state index contributed by atoms with van der Waals surface area (Å²) in [5.74, 6) is -1.41. The Bertz CT molecular complexity index is 2670. The lowest BCUT2D eigenvalue weighted by Crippen LogP contribution is -2.41. The molecule has 0 fully saturated rings. The van der Waals surface area contributed by atoms with Crippen LogP contribution in [-0.4, -0.2) is 27.8 Å². The molecule has 0 spiro atoms. The Hall–Kier alpha value is -5.95. The molecular formula is C41H26F2N2O3. The summed E-state index contributed by atoms with van der Waals surface area (Å²) in [5.41, 5.74) is 2.26. The number of benzene rings is 7. The van der Waals surface area contributed by atoms with E-state index < -0.39 is 0 Å². The molecule has 7 heteroatoms. The maximum absolute atomic E-state index is 14.0. The van der Waals surface area contributed by atoms with Gasteiger partial charge in [0.15, 0.2) is 0 Å². The van der Waals surface area contributed by atoms with E-state index >= 15 is 0 Å². The molecule has 9 rings (SSSR count). The van der Waals surface area contributed by atoms with Crippen LogP contribution in [0.5, 0.6) is 0 Å². The van der Waals surface area contributed by atoms with E-state index in [1.807, 2.05) is 42.5 Å². The predicted octanol–water partition coefficient (Wildman–Crippen LogP) is 7.54. The first kappa shape index (κ1) is 28.3. The number of carbonyl (C=O) groups excluding carboxylic acids is 2. The van der Waals surface area contributed by atoms with Gasteiger partial charge in [-0.15, -0.1) is 0 Å². The average Bonchev–Trinajstić information content (AvgIpc) is 3.09. The number of rotatable bonds is 6. The summed E-state index contributed by atoms with van der Waals surface area (Å²) in [5, 5.41) is 8.88. The van der Waals surface area contributed by atoms with Crippen molar-refractivity contribution in [1.29, 1.82) is 0 Å². The average molecular weight is 633 g/mol. The summed E-state index contributed by atoms with van der Waals surface area (Å²) in [7, 11) is 0. The van der Waals surface area contributed by atoms with Crippen LogP contribution in [0.4, 0.5) is 8.78 Å². The molecule has 8 aromatic rings. The third-order valence-corrected chi connectivity index (χ3v) is 9.99. The van der Waals surface area contributed by atoms with Gasteiger partial charge < -0.3 is 4.57 Å². The highest BCUT2D eigenvalue weighted by molar-refractivity contribution is 6.40. The molecule has 1 aromatic heterocycles. The second-order valence-electron chi connectivity index (χ2n) is 12.6. The molecule has 48 heavy (non-hydrogen) atoms. The molecule has 0 bridgehead atoms. The number of halogens is 2. The van der Waals surface area contributed by atoms with E-state index in [9.17, 15) is 23.2 Å². The van der Waals surface area contributed by atoms with Crippen molar-refractivity contribution in [2.75, 3.05) is 6.54 Å². The maximum atomic E-state index is 14.0. The summed E-state index contributed by atoms with van der Waals surface area (Å²) < 4.78 is 29.3. The number of imide groups is 1. The van der Waals surface area contributed by atoms with Crippen LogP contribution in [0.25, 0.3) is 60.4 Å². The normalized spacial score (nSPS) is 13.3. The Morgan fingerprint density at radius 3 is 1.54 bits per heavy atom. The number of hydrogen-bond donors (Lipinski definition) is 0. The number of aromatic nitrogens is 1. The van der Waals surface area contributed by atoms with Gasteiger partial charge in [-0.1, -0.05) is 61.2 Å². The third kappa shape index (κ3) is 3.97. The van der Waals surface area contributed by atoms with Gasteiger partial charge in [0.05, 0.1) is 0 Å². The molecule has 232 valence electrons. The largest absolute Gasteiger partial charge is 0.308 e. The number of hydrogen-bond acceptors (Lipinski definition) is 3. The van der Waals surface area contributed by atoms with Gasteiger partial charge in [-0.05, 0) is 98.8 Å². The Morgan fingerprint density at radius 2 is 0.979 bits per heavy atom. The van der Waals surface area contributed by atoms with Gasteiger partial charge in [-0.3, -0.25) is 19.3 Å². The minimum atomic E-state index is -0.371. The minimum Gasteiger partial charge on any atom is -0.308 e. The number of nitrogens with zero attached hydrogens (tertiary/aromatic N) is 2.